The first-order valence-corrected chi connectivity index (χ1v) is 16.6. The summed E-state index contributed by atoms with van der Waals surface area (Å²) in [5.41, 5.74) is 2.59. The lowest BCUT2D eigenvalue weighted by molar-refractivity contribution is -0.133. The molecule has 1 aliphatic carbocycles. The first kappa shape index (κ1) is 32.2. The highest BCUT2D eigenvalue weighted by Gasteiger charge is 2.32. The molecule has 5 nitrogen and oxygen atoms in total. The Morgan fingerprint density at radius 3 is 2.17 bits per heavy atom. The molecule has 5 heteroatoms. The van der Waals surface area contributed by atoms with E-state index < -0.39 is 0 Å². The van der Waals surface area contributed by atoms with Gasteiger partial charge in [0.1, 0.15) is 5.78 Å². The van der Waals surface area contributed by atoms with Crippen molar-refractivity contribution in [2.45, 2.75) is 96.1 Å². The van der Waals surface area contributed by atoms with E-state index in [0.717, 1.165) is 90.4 Å². The van der Waals surface area contributed by atoms with Gasteiger partial charge in [-0.2, -0.15) is 0 Å². The van der Waals surface area contributed by atoms with E-state index in [-0.39, 0.29) is 29.9 Å². The number of nitrogens with zero attached hydrogens (tertiary/aromatic N) is 2. The van der Waals surface area contributed by atoms with E-state index in [1.165, 1.54) is 11.1 Å². The van der Waals surface area contributed by atoms with Crippen molar-refractivity contribution in [2.75, 3.05) is 26.2 Å². The van der Waals surface area contributed by atoms with Crippen LogP contribution in [0.2, 0.25) is 0 Å². The molecular formula is C37H52N2O3. The van der Waals surface area contributed by atoms with Gasteiger partial charge >= 0.3 is 0 Å². The Bertz CT molecular complexity index is 1060. The zero-order chi connectivity index (χ0) is 29.6. The lowest BCUT2D eigenvalue weighted by atomic mass is 9.89. The summed E-state index contributed by atoms with van der Waals surface area (Å²) in [7, 11) is 0. The van der Waals surface area contributed by atoms with Crippen LogP contribution in [0.4, 0.5) is 0 Å². The van der Waals surface area contributed by atoms with Crippen LogP contribution in [0.1, 0.15) is 101 Å². The Hall–Kier alpha value is -2.76. The van der Waals surface area contributed by atoms with Gasteiger partial charge in [0.2, 0.25) is 5.91 Å². The highest BCUT2D eigenvalue weighted by molar-refractivity contribution is 5.83. The van der Waals surface area contributed by atoms with Crippen molar-refractivity contribution in [3.8, 4) is 0 Å². The standard InChI is InChI=1S/C37H52N2O3/c1-2-3-8-19-33(40)24-22-30-23-25-35(41)34(30)20-13-4-5-14-21-36(42)38-26-28-39(29-27-38)37(31-15-9-6-10-16-31)32-17-11-7-12-18-32/h6-7,9-12,15-18,22,24,30,33-34,37,40H,2-5,8,13-14,19-21,23,25-29H2,1H3/t30-,33+,34-/m1/s1. The largest absolute Gasteiger partial charge is 0.389 e. The number of aliphatic hydroxyl groups is 1. The maximum Gasteiger partial charge on any atom is 0.222 e. The van der Waals surface area contributed by atoms with E-state index in [2.05, 4.69) is 78.6 Å². The van der Waals surface area contributed by atoms with E-state index in [1.807, 2.05) is 11.0 Å². The lowest BCUT2D eigenvalue weighted by Gasteiger charge is -2.40. The highest BCUT2D eigenvalue weighted by Crippen LogP contribution is 2.34. The van der Waals surface area contributed by atoms with E-state index in [0.29, 0.717) is 18.6 Å². The number of aliphatic hydroxyl groups excluding tert-OH is 1. The van der Waals surface area contributed by atoms with E-state index in [9.17, 15) is 14.7 Å². The van der Waals surface area contributed by atoms with Gasteiger partial charge < -0.3 is 10.0 Å². The zero-order valence-electron chi connectivity index (χ0n) is 25.7. The molecule has 42 heavy (non-hydrogen) atoms. The number of Topliss-reactive ketones (excluding diaryl/α,β-unsaturated/α-hetero) is 1. The van der Waals surface area contributed by atoms with Gasteiger partial charge in [-0.25, -0.2) is 0 Å². The molecule has 4 rings (SSSR count). The van der Waals surface area contributed by atoms with Gasteiger partial charge in [-0.1, -0.05) is 118 Å². The van der Waals surface area contributed by atoms with Crippen molar-refractivity contribution in [1.82, 2.24) is 9.80 Å². The van der Waals surface area contributed by atoms with Gasteiger partial charge in [0.25, 0.3) is 0 Å². The van der Waals surface area contributed by atoms with Crippen molar-refractivity contribution < 1.29 is 14.7 Å². The van der Waals surface area contributed by atoms with Crippen LogP contribution in [0.15, 0.2) is 72.8 Å². The summed E-state index contributed by atoms with van der Waals surface area (Å²) < 4.78 is 0. The molecule has 1 heterocycles. The second kappa shape index (κ2) is 17.4. The summed E-state index contributed by atoms with van der Waals surface area (Å²) in [6.07, 6.45) is 15.0. The number of benzene rings is 2. The van der Waals surface area contributed by atoms with Gasteiger partial charge in [0.05, 0.1) is 12.1 Å². The van der Waals surface area contributed by atoms with Crippen LogP contribution in [0.3, 0.4) is 0 Å². The van der Waals surface area contributed by atoms with Crippen LogP contribution in [0.5, 0.6) is 0 Å². The Balaban J connectivity index is 1.14. The zero-order valence-corrected chi connectivity index (χ0v) is 25.7. The number of piperazine rings is 1. The van der Waals surface area contributed by atoms with Crippen LogP contribution < -0.4 is 0 Å². The monoisotopic (exact) mass is 572 g/mol. The number of allylic oxidation sites excluding steroid dienone is 1. The molecule has 228 valence electrons. The Morgan fingerprint density at radius 1 is 0.881 bits per heavy atom. The molecule has 1 saturated carbocycles. The number of rotatable bonds is 16. The molecule has 1 aliphatic heterocycles. The number of carbonyl (C=O) groups is 2. The SMILES string of the molecule is CCCCC[C@H](O)C=C[C@@H]1CCC(=O)[C@@H]1CCCCCCC(=O)N1CCN(C(c2ccccc2)c2ccccc2)CC1. The second-order valence-corrected chi connectivity index (χ2v) is 12.3. The summed E-state index contributed by atoms with van der Waals surface area (Å²) in [6.45, 7) is 5.48. The average molecular weight is 573 g/mol. The van der Waals surface area contributed by atoms with Crippen molar-refractivity contribution in [3.63, 3.8) is 0 Å². The van der Waals surface area contributed by atoms with Gasteiger partial charge in [-0.05, 0) is 42.7 Å². The first-order chi connectivity index (χ1) is 20.6. The van der Waals surface area contributed by atoms with Gasteiger partial charge in [-0.15, -0.1) is 0 Å². The second-order valence-electron chi connectivity index (χ2n) is 12.3. The molecule has 0 aromatic heterocycles. The van der Waals surface area contributed by atoms with E-state index >= 15 is 0 Å². The van der Waals surface area contributed by atoms with Crippen molar-refractivity contribution in [1.29, 1.82) is 0 Å². The molecule has 0 bridgehead atoms. The van der Waals surface area contributed by atoms with Crippen molar-refractivity contribution in [3.05, 3.63) is 83.9 Å². The van der Waals surface area contributed by atoms with Crippen LogP contribution in [0, 0.1) is 11.8 Å². The minimum Gasteiger partial charge on any atom is -0.389 e. The molecule has 3 atom stereocenters. The normalized spacial score (nSPS) is 20.5. The predicted molar refractivity (Wildman–Crippen MR) is 171 cm³/mol. The number of hydrogen-bond acceptors (Lipinski definition) is 4. The fourth-order valence-electron chi connectivity index (χ4n) is 6.78. The number of ketones is 1. The first-order valence-electron chi connectivity index (χ1n) is 16.6. The van der Waals surface area contributed by atoms with E-state index in [4.69, 9.17) is 0 Å². The van der Waals surface area contributed by atoms with Crippen LogP contribution >= 0.6 is 0 Å². The Morgan fingerprint density at radius 2 is 1.52 bits per heavy atom. The fraction of sp³-hybridized carbons (Fsp3) is 0.568. The molecule has 0 unspecified atom stereocenters. The summed E-state index contributed by atoms with van der Waals surface area (Å²) in [4.78, 5) is 30.0. The minimum absolute atomic E-state index is 0.109. The molecule has 2 aliphatic rings. The number of carbonyl (C=O) groups excluding carboxylic acids is 2. The number of unbranched alkanes of at least 4 members (excludes halogenated alkanes) is 5. The molecule has 1 amide bonds. The molecular weight excluding hydrogens is 520 g/mol. The van der Waals surface area contributed by atoms with E-state index in [1.54, 1.807) is 0 Å². The topological polar surface area (TPSA) is 60.9 Å². The maximum absolute atomic E-state index is 13.0. The molecule has 1 saturated heterocycles. The van der Waals surface area contributed by atoms with Crippen LogP contribution in [-0.2, 0) is 9.59 Å². The number of amides is 1. The summed E-state index contributed by atoms with van der Waals surface area (Å²) >= 11 is 0. The summed E-state index contributed by atoms with van der Waals surface area (Å²) in [6, 6.07) is 21.6. The van der Waals surface area contributed by atoms with Gasteiger partial charge in [-0.3, -0.25) is 14.5 Å². The molecule has 0 spiro atoms. The molecule has 2 aromatic rings. The van der Waals surface area contributed by atoms with Crippen molar-refractivity contribution in [2.24, 2.45) is 11.8 Å². The van der Waals surface area contributed by atoms with Gasteiger partial charge in [0.15, 0.2) is 0 Å². The quantitative estimate of drug-likeness (QED) is 0.169. The smallest absolute Gasteiger partial charge is 0.222 e. The average Bonchev–Trinajstić information content (AvgIpc) is 3.38. The summed E-state index contributed by atoms with van der Waals surface area (Å²) in [5, 5.41) is 10.2. The third kappa shape index (κ3) is 9.64. The minimum atomic E-state index is -0.387. The molecule has 0 radical (unpaired) electrons. The lowest BCUT2D eigenvalue weighted by Crippen LogP contribution is -2.49. The Kier molecular flexibility index (Phi) is 13.3. The maximum atomic E-state index is 13.0. The van der Waals surface area contributed by atoms with Gasteiger partial charge in [0, 0.05) is 44.9 Å². The number of hydrogen-bond donors (Lipinski definition) is 1. The molecule has 2 fully saturated rings. The third-order valence-corrected chi connectivity index (χ3v) is 9.26. The van der Waals surface area contributed by atoms with Crippen LogP contribution in [-0.4, -0.2) is 58.9 Å². The Labute approximate surface area is 254 Å². The fourth-order valence-corrected chi connectivity index (χ4v) is 6.78. The van der Waals surface area contributed by atoms with Crippen LogP contribution in [0.25, 0.3) is 0 Å². The molecule has 2 aromatic carbocycles. The predicted octanol–water partition coefficient (Wildman–Crippen LogP) is 7.35. The molecule has 1 N–H and O–H groups in total. The highest BCUT2D eigenvalue weighted by atomic mass is 16.3. The third-order valence-electron chi connectivity index (χ3n) is 9.26. The van der Waals surface area contributed by atoms with Crippen molar-refractivity contribution >= 4 is 11.7 Å². The summed E-state index contributed by atoms with van der Waals surface area (Å²) in [5.74, 6) is 1.06.